The van der Waals surface area contributed by atoms with Gasteiger partial charge in [-0.15, -0.1) is 0 Å². The van der Waals surface area contributed by atoms with Gasteiger partial charge < -0.3 is 39.4 Å². The van der Waals surface area contributed by atoms with E-state index in [1.807, 2.05) is 6.92 Å². The topological polar surface area (TPSA) is 152 Å². The standard InChI is InChI=1S/C35H62O10/c1-3-5-7-8-9-10-11-12-13-14-15-16-17-18-19-20-21-22-24-31(38)44-28(26-42-30(37)23-6-4-2)27-43-35-34(41)33(40)32(39)29(25-36)45-35/h10-11,13-14,28-29,32-36,39-41H,3-9,12,15-27H2,1-2H3/b11-10-,14-13-. The molecule has 6 unspecified atom stereocenters. The summed E-state index contributed by atoms with van der Waals surface area (Å²) in [5.74, 6) is -0.859. The normalized spacial score (nSPS) is 22.7. The van der Waals surface area contributed by atoms with E-state index < -0.39 is 55.4 Å². The van der Waals surface area contributed by atoms with Gasteiger partial charge in [0.2, 0.25) is 0 Å². The fraction of sp³-hybridized carbons (Fsp3) is 0.829. The van der Waals surface area contributed by atoms with E-state index in [0.29, 0.717) is 12.8 Å². The van der Waals surface area contributed by atoms with E-state index >= 15 is 0 Å². The lowest BCUT2D eigenvalue weighted by atomic mass is 9.99. The van der Waals surface area contributed by atoms with Gasteiger partial charge in [-0.2, -0.15) is 0 Å². The monoisotopic (exact) mass is 642 g/mol. The van der Waals surface area contributed by atoms with Crippen LogP contribution in [0.2, 0.25) is 0 Å². The van der Waals surface area contributed by atoms with Gasteiger partial charge in [0, 0.05) is 12.8 Å². The molecule has 1 fully saturated rings. The smallest absolute Gasteiger partial charge is 0.306 e. The van der Waals surface area contributed by atoms with Gasteiger partial charge in [0.05, 0.1) is 13.2 Å². The largest absolute Gasteiger partial charge is 0.462 e. The lowest BCUT2D eigenvalue weighted by molar-refractivity contribution is -0.305. The molecule has 10 nitrogen and oxygen atoms in total. The number of unbranched alkanes of at least 4 members (excludes halogenated alkanes) is 12. The Morgan fingerprint density at radius 2 is 1.27 bits per heavy atom. The van der Waals surface area contributed by atoms with E-state index in [2.05, 4.69) is 31.2 Å². The van der Waals surface area contributed by atoms with Crippen LogP contribution >= 0.6 is 0 Å². The lowest BCUT2D eigenvalue weighted by Crippen LogP contribution is -2.59. The zero-order valence-corrected chi connectivity index (χ0v) is 27.9. The average molecular weight is 643 g/mol. The molecule has 4 N–H and O–H groups in total. The Hall–Kier alpha value is -1.82. The first kappa shape index (κ1) is 41.2. The van der Waals surface area contributed by atoms with E-state index in [9.17, 15) is 30.0 Å². The van der Waals surface area contributed by atoms with Gasteiger partial charge in [-0.3, -0.25) is 9.59 Å². The van der Waals surface area contributed by atoms with Crippen molar-refractivity contribution in [1.29, 1.82) is 0 Å². The molecule has 0 aliphatic carbocycles. The van der Waals surface area contributed by atoms with Gasteiger partial charge in [-0.25, -0.2) is 0 Å². The summed E-state index contributed by atoms with van der Waals surface area (Å²) in [4.78, 5) is 24.5. The SMILES string of the molecule is CCCCCC/C=C\C/C=C\CCCCCCCCCC(=O)OC(COC(=O)CCCC)COC1OC(CO)C(O)C(O)C1O. The fourth-order valence-corrected chi connectivity index (χ4v) is 4.96. The molecular weight excluding hydrogens is 580 g/mol. The number of rotatable bonds is 27. The summed E-state index contributed by atoms with van der Waals surface area (Å²) in [6.07, 6.45) is 18.9. The molecule has 1 rings (SSSR count). The molecule has 1 aliphatic heterocycles. The first-order chi connectivity index (χ1) is 21.8. The number of ether oxygens (including phenoxy) is 4. The highest BCUT2D eigenvalue weighted by molar-refractivity contribution is 5.70. The number of carbonyl (C=O) groups excluding carboxylic acids is 2. The molecule has 0 bridgehead atoms. The van der Waals surface area contributed by atoms with E-state index in [4.69, 9.17) is 18.9 Å². The predicted octanol–water partition coefficient (Wildman–Crippen LogP) is 5.43. The minimum atomic E-state index is -1.59. The maximum absolute atomic E-state index is 12.5. The quantitative estimate of drug-likeness (QED) is 0.0518. The molecular formula is C35H62O10. The van der Waals surface area contributed by atoms with Gasteiger partial charge in [-0.05, 0) is 44.9 Å². The molecule has 0 aromatic carbocycles. The Kier molecular flexibility index (Phi) is 25.0. The highest BCUT2D eigenvalue weighted by Gasteiger charge is 2.44. The van der Waals surface area contributed by atoms with Crippen molar-refractivity contribution >= 4 is 11.9 Å². The van der Waals surface area contributed by atoms with Gasteiger partial charge in [0.15, 0.2) is 12.4 Å². The van der Waals surface area contributed by atoms with Crippen LogP contribution < -0.4 is 0 Å². The number of allylic oxidation sites excluding steroid dienone is 4. The van der Waals surface area contributed by atoms with Crippen molar-refractivity contribution in [3.05, 3.63) is 24.3 Å². The van der Waals surface area contributed by atoms with E-state index in [1.165, 1.54) is 51.4 Å². The molecule has 1 aliphatic rings. The summed E-state index contributed by atoms with van der Waals surface area (Å²) in [7, 11) is 0. The van der Waals surface area contributed by atoms with Crippen LogP contribution in [0.15, 0.2) is 24.3 Å². The van der Waals surface area contributed by atoms with Gasteiger partial charge in [0.1, 0.15) is 31.0 Å². The molecule has 1 heterocycles. The molecule has 0 aromatic heterocycles. The Balaban J connectivity index is 2.27. The summed E-state index contributed by atoms with van der Waals surface area (Å²) >= 11 is 0. The van der Waals surface area contributed by atoms with Crippen molar-refractivity contribution in [2.45, 2.75) is 166 Å². The third-order valence-corrected chi connectivity index (χ3v) is 7.84. The number of aliphatic hydroxyl groups excluding tert-OH is 4. The Morgan fingerprint density at radius 1 is 0.689 bits per heavy atom. The first-order valence-corrected chi connectivity index (χ1v) is 17.4. The van der Waals surface area contributed by atoms with Crippen molar-refractivity contribution in [2.75, 3.05) is 19.8 Å². The van der Waals surface area contributed by atoms with Crippen LogP contribution in [-0.4, -0.2) is 89.0 Å². The average Bonchev–Trinajstić information content (AvgIpc) is 3.04. The number of esters is 2. The number of carbonyl (C=O) groups is 2. The second-order valence-electron chi connectivity index (χ2n) is 12.0. The summed E-state index contributed by atoms with van der Waals surface area (Å²) in [6.45, 7) is 3.10. The Bertz CT molecular complexity index is 799. The van der Waals surface area contributed by atoms with Crippen molar-refractivity contribution in [2.24, 2.45) is 0 Å². The van der Waals surface area contributed by atoms with Crippen molar-refractivity contribution in [3.63, 3.8) is 0 Å². The Labute approximate surface area is 271 Å². The fourth-order valence-electron chi connectivity index (χ4n) is 4.96. The van der Waals surface area contributed by atoms with Crippen LogP contribution in [0.3, 0.4) is 0 Å². The van der Waals surface area contributed by atoms with Crippen molar-refractivity contribution in [3.8, 4) is 0 Å². The summed E-state index contributed by atoms with van der Waals surface area (Å²) in [6, 6.07) is 0. The zero-order chi connectivity index (χ0) is 33.1. The highest BCUT2D eigenvalue weighted by atomic mass is 16.7. The number of hydrogen-bond acceptors (Lipinski definition) is 10. The lowest BCUT2D eigenvalue weighted by Gasteiger charge is -2.39. The third kappa shape index (κ3) is 20.1. The molecule has 0 spiro atoms. The van der Waals surface area contributed by atoms with Gasteiger partial charge in [-0.1, -0.05) is 95.9 Å². The molecule has 45 heavy (non-hydrogen) atoms. The van der Waals surface area contributed by atoms with Crippen LogP contribution in [0.4, 0.5) is 0 Å². The second kappa shape index (κ2) is 27.3. The molecule has 0 amide bonds. The molecule has 6 atom stereocenters. The van der Waals surface area contributed by atoms with Gasteiger partial charge in [0.25, 0.3) is 0 Å². The summed E-state index contributed by atoms with van der Waals surface area (Å²) < 4.78 is 21.7. The molecule has 0 aromatic rings. The molecule has 262 valence electrons. The van der Waals surface area contributed by atoms with E-state index in [-0.39, 0.29) is 26.1 Å². The Morgan fingerprint density at radius 3 is 1.89 bits per heavy atom. The summed E-state index contributed by atoms with van der Waals surface area (Å²) in [5.41, 5.74) is 0. The van der Waals surface area contributed by atoms with Crippen LogP contribution in [-0.2, 0) is 28.5 Å². The van der Waals surface area contributed by atoms with Crippen molar-refractivity contribution in [1.82, 2.24) is 0 Å². The second-order valence-corrected chi connectivity index (χ2v) is 12.0. The van der Waals surface area contributed by atoms with Crippen LogP contribution in [0.25, 0.3) is 0 Å². The van der Waals surface area contributed by atoms with Crippen LogP contribution in [0.1, 0.15) is 129 Å². The van der Waals surface area contributed by atoms with E-state index in [0.717, 1.165) is 38.5 Å². The third-order valence-electron chi connectivity index (χ3n) is 7.84. The molecule has 1 saturated heterocycles. The van der Waals surface area contributed by atoms with Gasteiger partial charge >= 0.3 is 11.9 Å². The summed E-state index contributed by atoms with van der Waals surface area (Å²) in [5, 5.41) is 39.5. The molecule has 0 radical (unpaired) electrons. The highest BCUT2D eigenvalue weighted by Crippen LogP contribution is 2.22. The minimum absolute atomic E-state index is 0.221. The van der Waals surface area contributed by atoms with Crippen LogP contribution in [0, 0.1) is 0 Å². The molecule has 10 heteroatoms. The number of aliphatic hydroxyl groups is 4. The molecule has 0 saturated carbocycles. The maximum Gasteiger partial charge on any atom is 0.306 e. The van der Waals surface area contributed by atoms with Crippen molar-refractivity contribution < 1.29 is 49.0 Å². The maximum atomic E-state index is 12.5. The zero-order valence-electron chi connectivity index (χ0n) is 27.9. The van der Waals surface area contributed by atoms with Crippen LogP contribution in [0.5, 0.6) is 0 Å². The first-order valence-electron chi connectivity index (χ1n) is 17.4. The van der Waals surface area contributed by atoms with E-state index in [1.54, 1.807) is 0 Å². The predicted molar refractivity (Wildman–Crippen MR) is 173 cm³/mol. The minimum Gasteiger partial charge on any atom is -0.462 e. The number of hydrogen-bond donors (Lipinski definition) is 4.